The van der Waals surface area contributed by atoms with Crippen molar-refractivity contribution in [1.29, 1.82) is 5.26 Å². The second-order valence-corrected chi connectivity index (χ2v) is 6.14. The van der Waals surface area contributed by atoms with E-state index in [2.05, 4.69) is 17.9 Å². The van der Waals surface area contributed by atoms with Gasteiger partial charge >= 0.3 is 0 Å². The SMILES string of the molecule is CCCC(C#N)N1CCc2cc(OC)c(OC)cc2C1C/C=C/C=O. The molecule has 0 bridgehead atoms. The first-order chi connectivity index (χ1) is 12.2. The average Bonchev–Trinajstić information content (AvgIpc) is 2.65. The van der Waals surface area contributed by atoms with Gasteiger partial charge in [-0.1, -0.05) is 19.4 Å². The number of fused-ring (bicyclic) bond motifs is 1. The summed E-state index contributed by atoms with van der Waals surface area (Å²) in [6, 6.07) is 6.42. The number of nitriles is 1. The van der Waals surface area contributed by atoms with E-state index in [9.17, 15) is 10.1 Å². The molecule has 0 aliphatic carbocycles. The lowest BCUT2D eigenvalue weighted by Crippen LogP contribution is -2.42. The Kier molecular flexibility index (Phi) is 7.03. The molecule has 1 aliphatic rings. The number of rotatable bonds is 8. The predicted molar refractivity (Wildman–Crippen MR) is 96.8 cm³/mol. The highest BCUT2D eigenvalue weighted by molar-refractivity contribution is 5.64. The fourth-order valence-corrected chi connectivity index (χ4v) is 3.52. The molecular formula is C20H26N2O3. The number of carbonyl (C=O) groups is 1. The van der Waals surface area contributed by atoms with Gasteiger partial charge in [0.15, 0.2) is 11.5 Å². The van der Waals surface area contributed by atoms with Crippen molar-refractivity contribution in [3.8, 4) is 17.6 Å². The quantitative estimate of drug-likeness (QED) is 0.535. The lowest BCUT2D eigenvalue weighted by atomic mass is 9.88. The molecule has 5 heteroatoms. The minimum absolute atomic E-state index is 0.0518. The van der Waals surface area contributed by atoms with Crippen LogP contribution in [0.4, 0.5) is 0 Å². The number of nitrogens with zero attached hydrogens (tertiary/aromatic N) is 2. The van der Waals surface area contributed by atoms with Crippen molar-refractivity contribution in [3.63, 3.8) is 0 Å². The third-order valence-electron chi connectivity index (χ3n) is 4.73. The summed E-state index contributed by atoms with van der Waals surface area (Å²) in [6.45, 7) is 2.91. The van der Waals surface area contributed by atoms with Crippen LogP contribution in [0.3, 0.4) is 0 Å². The van der Waals surface area contributed by atoms with Crippen molar-refractivity contribution in [2.75, 3.05) is 20.8 Å². The first-order valence-corrected chi connectivity index (χ1v) is 8.70. The molecular weight excluding hydrogens is 316 g/mol. The van der Waals surface area contributed by atoms with Gasteiger partial charge < -0.3 is 9.47 Å². The van der Waals surface area contributed by atoms with Crippen molar-refractivity contribution >= 4 is 6.29 Å². The Balaban J connectivity index is 2.45. The van der Waals surface area contributed by atoms with E-state index in [0.717, 1.165) is 43.4 Å². The van der Waals surface area contributed by atoms with Crippen LogP contribution in [0.2, 0.25) is 0 Å². The van der Waals surface area contributed by atoms with E-state index in [1.54, 1.807) is 14.2 Å². The van der Waals surface area contributed by atoms with E-state index in [4.69, 9.17) is 9.47 Å². The number of methoxy groups -OCH3 is 2. The maximum Gasteiger partial charge on any atom is 0.161 e. The molecule has 1 aromatic rings. The van der Waals surface area contributed by atoms with Gasteiger partial charge in [0.05, 0.1) is 26.3 Å². The molecule has 2 unspecified atom stereocenters. The molecule has 1 heterocycles. The highest BCUT2D eigenvalue weighted by atomic mass is 16.5. The maximum absolute atomic E-state index is 10.7. The molecule has 0 N–H and O–H groups in total. The first-order valence-electron chi connectivity index (χ1n) is 8.70. The molecule has 1 aliphatic heterocycles. The topological polar surface area (TPSA) is 62.6 Å². The van der Waals surface area contributed by atoms with Gasteiger partial charge in [-0.25, -0.2) is 0 Å². The van der Waals surface area contributed by atoms with Crippen LogP contribution in [0.15, 0.2) is 24.3 Å². The average molecular weight is 342 g/mol. The molecule has 0 saturated heterocycles. The summed E-state index contributed by atoms with van der Waals surface area (Å²) in [7, 11) is 3.26. The maximum atomic E-state index is 10.7. The van der Waals surface area contributed by atoms with Crippen molar-refractivity contribution in [2.24, 2.45) is 0 Å². The van der Waals surface area contributed by atoms with Crippen molar-refractivity contribution in [1.82, 2.24) is 4.90 Å². The van der Waals surface area contributed by atoms with Gasteiger partial charge in [-0.2, -0.15) is 5.26 Å². The summed E-state index contributed by atoms with van der Waals surface area (Å²) in [5.41, 5.74) is 2.36. The number of hydrogen-bond acceptors (Lipinski definition) is 5. The Morgan fingerprint density at radius 2 is 2.08 bits per heavy atom. The number of allylic oxidation sites excluding steroid dienone is 1. The molecule has 2 rings (SSSR count). The lowest BCUT2D eigenvalue weighted by molar-refractivity contribution is -0.104. The molecule has 0 fully saturated rings. The van der Waals surface area contributed by atoms with E-state index in [-0.39, 0.29) is 12.1 Å². The molecule has 5 nitrogen and oxygen atoms in total. The van der Waals surface area contributed by atoms with Crippen LogP contribution in [0.1, 0.15) is 43.4 Å². The normalized spacial score (nSPS) is 18.4. The molecule has 25 heavy (non-hydrogen) atoms. The summed E-state index contributed by atoms with van der Waals surface area (Å²) >= 11 is 0. The fraction of sp³-hybridized carbons (Fsp3) is 0.500. The monoisotopic (exact) mass is 342 g/mol. The first kappa shape index (κ1) is 19.0. The molecule has 0 amide bonds. The van der Waals surface area contributed by atoms with Gasteiger partial charge in [0, 0.05) is 12.6 Å². The van der Waals surface area contributed by atoms with Gasteiger partial charge in [-0.3, -0.25) is 9.69 Å². The van der Waals surface area contributed by atoms with Crippen LogP contribution in [-0.2, 0) is 11.2 Å². The lowest BCUT2D eigenvalue weighted by Gasteiger charge is -2.40. The number of hydrogen-bond donors (Lipinski definition) is 0. The van der Waals surface area contributed by atoms with E-state index in [1.807, 2.05) is 18.2 Å². The molecule has 134 valence electrons. The predicted octanol–water partition coefficient (Wildman–Crippen LogP) is 3.44. The summed E-state index contributed by atoms with van der Waals surface area (Å²) in [5, 5.41) is 9.62. The second kappa shape index (κ2) is 9.24. The second-order valence-electron chi connectivity index (χ2n) is 6.14. The molecule has 0 radical (unpaired) electrons. The summed E-state index contributed by atoms with van der Waals surface area (Å²) in [6.07, 6.45) is 7.54. The Labute approximate surface area is 149 Å². The van der Waals surface area contributed by atoms with Crippen LogP contribution >= 0.6 is 0 Å². The van der Waals surface area contributed by atoms with Crippen molar-refractivity contribution in [3.05, 3.63) is 35.4 Å². The summed E-state index contributed by atoms with van der Waals surface area (Å²) in [4.78, 5) is 12.9. The zero-order valence-electron chi connectivity index (χ0n) is 15.2. The molecule has 2 atom stereocenters. The fourth-order valence-electron chi connectivity index (χ4n) is 3.52. The molecule has 0 saturated carbocycles. The molecule has 1 aromatic carbocycles. The molecule has 0 spiro atoms. The zero-order chi connectivity index (χ0) is 18.2. The van der Waals surface area contributed by atoms with Crippen molar-refractivity contribution in [2.45, 2.75) is 44.7 Å². The van der Waals surface area contributed by atoms with Crippen LogP contribution in [0, 0.1) is 11.3 Å². The van der Waals surface area contributed by atoms with Crippen LogP contribution in [0.5, 0.6) is 11.5 Å². The third kappa shape index (κ3) is 4.21. The van der Waals surface area contributed by atoms with Crippen LogP contribution < -0.4 is 9.47 Å². The van der Waals surface area contributed by atoms with Gasteiger partial charge in [-0.05, 0) is 48.6 Å². The number of carbonyl (C=O) groups excluding carboxylic acids is 1. The van der Waals surface area contributed by atoms with E-state index in [0.29, 0.717) is 12.2 Å². The Bertz CT molecular complexity index is 664. The van der Waals surface area contributed by atoms with Gasteiger partial charge in [0.1, 0.15) is 6.29 Å². The number of ether oxygens (including phenoxy) is 2. The number of benzene rings is 1. The van der Waals surface area contributed by atoms with E-state index in [1.165, 1.54) is 11.6 Å². The van der Waals surface area contributed by atoms with Crippen LogP contribution in [0.25, 0.3) is 0 Å². The minimum atomic E-state index is -0.124. The van der Waals surface area contributed by atoms with E-state index < -0.39 is 0 Å². The van der Waals surface area contributed by atoms with E-state index >= 15 is 0 Å². The van der Waals surface area contributed by atoms with Gasteiger partial charge in [-0.15, -0.1) is 0 Å². The standard InChI is InChI=1S/C20H26N2O3/c1-4-7-16(14-21)22-10-9-15-12-19(24-2)20(25-3)13-17(15)18(22)8-5-6-11-23/h5-6,11-13,16,18H,4,7-10H2,1-3H3/b6-5+. The highest BCUT2D eigenvalue weighted by Gasteiger charge is 2.32. The molecule has 0 aromatic heterocycles. The number of aldehydes is 1. The third-order valence-corrected chi connectivity index (χ3v) is 4.73. The van der Waals surface area contributed by atoms with Crippen molar-refractivity contribution < 1.29 is 14.3 Å². The summed E-state index contributed by atoms with van der Waals surface area (Å²) < 4.78 is 10.9. The zero-order valence-corrected chi connectivity index (χ0v) is 15.2. The van der Waals surface area contributed by atoms with Gasteiger partial charge in [0.2, 0.25) is 0 Å². The smallest absolute Gasteiger partial charge is 0.161 e. The Morgan fingerprint density at radius 1 is 1.36 bits per heavy atom. The van der Waals surface area contributed by atoms with Gasteiger partial charge in [0.25, 0.3) is 0 Å². The Hall–Kier alpha value is -2.32. The highest BCUT2D eigenvalue weighted by Crippen LogP contribution is 2.40. The van der Waals surface area contributed by atoms with Crippen LogP contribution in [-0.4, -0.2) is 38.0 Å². The summed E-state index contributed by atoms with van der Waals surface area (Å²) in [5.74, 6) is 1.42. The Morgan fingerprint density at radius 3 is 2.68 bits per heavy atom. The minimum Gasteiger partial charge on any atom is -0.493 e. The largest absolute Gasteiger partial charge is 0.493 e.